The second-order valence-corrected chi connectivity index (χ2v) is 7.19. The Morgan fingerprint density at radius 2 is 1.73 bits per heavy atom. The van der Waals surface area contributed by atoms with Gasteiger partial charge < -0.3 is 4.90 Å². The van der Waals surface area contributed by atoms with Crippen LogP contribution in [0.3, 0.4) is 0 Å². The summed E-state index contributed by atoms with van der Waals surface area (Å²) in [6.45, 7) is 6.31. The molecule has 0 unspecified atom stereocenters. The van der Waals surface area contributed by atoms with E-state index in [1.165, 1.54) is 17.0 Å². The first-order chi connectivity index (χ1) is 12.7. The second kappa shape index (κ2) is 7.05. The summed E-state index contributed by atoms with van der Waals surface area (Å²) in [6, 6.07) is 16.1. The minimum absolute atomic E-state index is 0.639. The van der Waals surface area contributed by atoms with E-state index in [0.717, 1.165) is 34.2 Å². The average molecular weight is 384 g/mol. The van der Waals surface area contributed by atoms with E-state index < -0.39 is 0 Å². The second-order valence-electron chi connectivity index (χ2n) is 5.82. The molecule has 2 aromatic carbocycles. The summed E-state index contributed by atoms with van der Waals surface area (Å²) in [7, 11) is 0. The number of benzene rings is 2. The van der Waals surface area contributed by atoms with Gasteiger partial charge in [-0.3, -0.25) is 0 Å². The summed E-state index contributed by atoms with van der Waals surface area (Å²) in [5.74, 6) is 0.660. The van der Waals surface area contributed by atoms with Gasteiger partial charge in [0.25, 0.3) is 0 Å². The molecule has 0 aliphatic heterocycles. The van der Waals surface area contributed by atoms with E-state index >= 15 is 0 Å². The SMILES string of the molecule is CCN(CC)c1ccc(-c2nn3c(-c4ccccc4Cl)nnc3s2)cc1. The lowest BCUT2D eigenvalue weighted by atomic mass is 10.2. The van der Waals surface area contributed by atoms with Crippen LogP contribution in [0.1, 0.15) is 13.8 Å². The van der Waals surface area contributed by atoms with Crippen LogP contribution in [-0.2, 0) is 0 Å². The molecule has 2 aromatic heterocycles. The Labute approximate surface area is 160 Å². The van der Waals surface area contributed by atoms with E-state index in [0.29, 0.717) is 10.8 Å². The Hall–Kier alpha value is -2.44. The summed E-state index contributed by atoms with van der Waals surface area (Å²) < 4.78 is 1.76. The van der Waals surface area contributed by atoms with Crippen LogP contribution >= 0.6 is 22.9 Å². The molecule has 26 heavy (non-hydrogen) atoms. The number of rotatable bonds is 5. The average Bonchev–Trinajstić information content (AvgIpc) is 3.25. The molecule has 0 aliphatic carbocycles. The lowest BCUT2D eigenvalue weighted by Crippen LogP contribution is -2.21. The Morgan fingerprint density at radius 1 is 1.00 bits per heavy atom. The lowest BCUT2D eigenvalue weighted by molar-refractivity contribution is 0.866. The summed E-state index contributed by atoms with van der Waals surface area (Å²) >= 11 is 7.82. The summed E-state index contributed by atoms with van der Waals surface area (Å²) in [4.78, 5) is 3.07. The van der Waals surface area contributed by atoms with Crippen molar-refractivity contribution < 1.29 is 0 Å². The molecule has 0 fully saturated rings. The summed E-state index contributed by atoms with van der Waals surface area (Å²) in [5.41, 5.74) is 3.12. The van der Waals surface area contributed by atoms with Crippen molar-refractivity contribution in [2.45, 2.75) is 13.8 Å². The molecule has 4 aromatic rings. The number of anilines is 1. The van der Waals surface area contributed by atoms with Crippen LogP contribution in [0.2, 0.25) is 5.02 Å². The van der Waals surface area contributed by atoms with Gasteiger partial charge >= 0.3 is 0 Å². The van der Waals surface area contributed by atoms with Gasteiger partial charge in [0.1, 0.15) is 5.01 Å². The molecular formula is C19H18ClN5S. The van der Waals surface area contributed by atoms with Gasteiger partial charge in [-0.15, -0.1) is 10.2 Å². The van der Waals surface area contributed by atoms with Crippen molar-refractivity contribution >= 4 is 33.6 Å². The third-order valence-electron chi connectivity index (χ3n) is 4.35. The van der Waals surface area contributed by atoms with Gasteiger partial charge in [-0.1, -0.05) is 35.1 Å². The molecule has 0 saturated heterocycles. The highest BCUT2D eigenvalue weighted by atomic mass is 35.5. The molecule has 132 valence electrons. The van der Waals surface area contributed by atoms with E-state index in [1.54, 1.807) is 4.52 Å². The maximum absolute atomic E-state index is 6.30. The minimum Gasteiger partial charge on any atom is -0.372 e. The molecule has 0 atom stereocenters. The van der Waals surface area contributed by atoms with Gasteiger partial charge in [0, 0.05) is 29.9 Å². The van der Waals surface area contributed by atoms with Gasteiger partial charge in [0.05, 0.1) is 5.02 Å². The zero-order valence-corrected chi connectivity index (χ0v) is 16.1. The summed E-state index contributed by atoms with van der Waals surface area (Å²) in [5, 5.41) is 14.8. The highest BCUT2D eigenvalue weighted by molar-refractivity contribution is 7.19. The van der Waals surface area contributed by atoms with E-state index in [9.17, 15) is 0 Å². The van der Waals surface area contributed by atoms with Crippen molar-refractivity contribution in [3.05, 3.63) is 53.6 Å². The van der Waals surface area contributed by atoms with Crippen LogP contribution in [0, 0.1) is 0 Å². The highest BCUT2D eigenvalue weighted by Crippen LogP contribution is 2.31. The van der Waals surface area contributed by atoms with Crippen molar-refractivity contribution in [2.75, 3.05) is 18.0 Å². The Bertz CT molecular complexity index is 1030. The maximum atomic E-state index is 6.30. The molecular weight excluding hydrogens is 366 g/mol. The van der Waals surface area contributed by atoms with Crippen molar-refractivity contribution in [3.8, 4) is 22.0 Å². The van der Waals surface area contributed by atoms with Crippen LogP contribution in [0.5, 0.6) is 0 Å². The van der Waals surface area contributed by atoms with Crippen LogP contribution in [-0.4, -0.2) is 32.9 Å². The van der Waals surface area contributed by atoms with Crippen molar-refractivity contribution in [1.29, 1.82) is 0 Å². The van der Waals surface area contributed by atoms with Crippen molar-refractivity contribution in [1.82, 2.24) is 19.8 Å². The van der Waals surface area contributed by atoms with Gasteiger partial charge in [-0.25, -0.2) is 0 Å². The molecule has 0 spiro atoms. The zero-order chi connectivity index (χ0) is 18.1. The zero-order valence-electron chi connectivity index (χ0n) is 14.6. The molecule has 7 heteroatoms. The molecule has 0 amide bonds. The third-order valence-corrected chi connectivity index (χ3v) is 5.63. The number of aromatic nitrogens is 4. The number of hydrogen-bond acceptors (Lipinski definition) is 5. The van der Waals surface area contributed by atoms with E-state index in [4.69, 9.17) is 16.7 Å². The predicted octanol–water partition coefficient (Wildman–Crippen LogP) is 5.02. The predicted molar refractivity (Wildman–Crippen MR) is 108 cm³/mol. The number of nitrogens with zero attached hydrogens (tertiary/aromatic N) is 5. The van der Waals surface area contributed by atoms with Crippen molar-refractivity contribution in [2.24, 2.45) is 0 Å². The third kappa shape index (κ3) is 2.95. The molecule has 0 saturated carbocycles. The van der Waals surface area contributed by atoms with Gasteiger partial charge in [-0.2, -0.15) is 9.61 Å². The molecule has 0 bridgehead atoms. The Balaban J connectivity index is 1.72. The van der Waals surface area contributed by atoms with E-state index in [2.05, 4.69) is 53.2 Å². The van der Waals surface area contributed by atoms with Crippen LogP contribution < -0.4 is 4.90 Å². The quantitative estimate of drug-likeness (QED) is 0.485. The Kier molecular flexibility index (Phi) is 4.61. The van der Waals surface area contributed by atoms with Crippen molar-refractivity contribution in [3.63, 3.8) is 0 Å². The fraction of sp³-hybridized carbons (Fsp3) is 0.211. The molecule has 0 N–H and O–H groups in total. The monoisotopic (exact) mass is 383 g/mol. The smallest absolute Gasteiger partial charge is 0.235 e. The number of fused-ring (bicyclic) bond motifs is 1. The van der Waals surface area contributed by atoms with E-state index in [1.807, 2.05) is 24.3 Å². The first kappa shape index (κ1) is 17.0. The van der Waals surface area contributed by atoms with Gasteiger partial charge in [-0.05, 0) is 50.2 Å². The number of halogens is 1. The van der Waals surface area contributed by atoms with Crippen LogP contribution in [0.25, 0.3) is 26.9 Å². The molecule has 5 nitrogen and oxygen atoms in total. The topological polar surface area (TPSA) is 46.3 Å². The largest absolute Gasteiger partial charge is 0.372 e. The number of hydrogen-bond donors (Lipinski definition) is 0. The van der Waals surface area contributed by atoms with Crippen LogP contribution in [0.15, 0.2) is 48.5 Å². The van der Waals surface area contributed by atoms with Gasteiger partial charge in [0.2, 0.25) is 4.96 Å². The highest BCUT2D eigenvalue weighted by Gasteiger charge is 2.16. The summed E-state index contributed by atoms with van der Waals surface area (Å²) in [6.07, 6.45) is 0. The van der Waals surface area contributed by atoms with E-state index in [-0.39, 0.29) is 0 Å². The van der Waals surface area contributed by atoms with Crippen LogP contribution in [0.4, 0.5) is 5.69 Å². The van der Waals surface area contributed by atoms with Gasteiger partial charge in [0.15, 0.2) is 5.82 Å². The fourth-order valence-electron chi connectivity index (χ4n) is 2.95. The standard InChI is InChI=1S/C19H18ClN5S/c1-3-24(4-2)14-11-9-13(10-12-14)18-23-25-17(21-22-19(25)26-18)15-7-5-6-8-16(15)20/h5-12H,3-4H2,1-2H3. The maximum Gasteiger partial charge on any atom is 0.235 e. The lowest BCUT2D eigenvalue weighted by Gasteiger charge is -2.20. The molecule has 0 radical (unpaired) electrons. The first-order valence-corrected chi connectivity index (χ1v) is 9.73. The first-order valence-electron chi connectivity index (χ1n) is 8.53. The molecule has 2 heterocycles. The minimum atomic E-state index is 0.639. The Morgan fingerprint density at radius 3 is 2.42 bits per heavy atom. The molecule has 4 rings (SSSR count). The molecule has 0 aliphatic rings. The normalized spacial score (nSPS) is 11.2. The fourth-order valence-corrected chi connectivity index (χ4v) is 4.01.